The molecule has 4 heterocycles. The molecule has 1 N–H and O–H groups in total. The maximum absolute atomic E-state index is 12.8. The van der Waals surface area contributed by atoms with Crippen LogP contribution in [0.15, 0.2) is 30.6 Å². The number of anilines is 2. The molecule has 8 heteroatoms. The number of fused-ring (bicyclic) bond motifs is 1. The molecule has 2 aromatic rings. The fourth-order valence-corrected chi connectivity index (χ4v) is 4.35. The molecule has 0 saturated carbocycles. The number of hydrogen-bond donors (Lipinski definition) is 1. The van der Waals surface area contributed by atoms with Crippen molar-refractivity contribution in [2.45, 2.75) is 25.4 Å². The van der Waals surface area contributed by atoms with E-state index in [2.05, 4.69) is 20.2 Å². The molecule has 158 valence electrons. The Kier molecular flexibility index (Phi) is 5.50. The first-order chi connectivity index (χ1) is 14.8. The van der Waals surface area contributed by atoms with Crippen LogP contribution in [-0.4, -0.2) is 72.8 Å². The summed E-state index contributed by atoms with van der Waals surface area (Å²) in [4.78, 5) is 25.6. The van der Waals surface area contributed by atoms with Gasteiger partial charge in [-0.15, -0.1) is 0 Å². The zero-order chi connectivity index (χ0) is 20.3. The minimum Gasteiger partial charge on any atom is -0.474 e. The molecule has 30 heavy (non-hydrogen) atoms. The van der Waals surface area contributed by atoms with Gasteiger partial charge < -0.3 is 24.6 Å². The predicted molar refractivity (Wildman–Crippen MR) is 112 cm³/mol. The lowest BCUT2D eigenvalue weighted by molar-refractivity contribution is 0.0303. The maximum Gasteiger partial charge on any atom is 0.254 e. The number of ether oxygens (including phenoxy) is 2. The zero-order valence-electron chi connectivity index (χ0n) is 17.0. The van der Waals surface area contributed by atoms with Gasteiger partial charge in [0.15, 0.2) is 0 Å². The average Bonchev–Trinajstić information content (AvgIpc) is 3.23. The van der Waals surface area contributed by atoms with Crippen LogP contribution in [0.5, 0.6) is 5.88 Å². The van der Waals surface area contributed by atoms with E-state index in [-0.39, 0.29) is 12.0 Å². The fraction of sp³-hybridized carbons (Fsp3) is 0.500. The van der Waals surface area contributed by atoms with Crippen LogP contribution in [0.2, 0.25) is 0 Å². The maximum atomic E-state index is 12.8. The Bertz CT molecular complexity index is 909. The number of carbonyl (C=O) groups excluding carboxylic acids is 1. The number of morpholine rings is 1. The zero-order valence-corrected chi connectivity index (χ0v) is 17.0. The largest absolute Gasteiger partial charge is 0.474 e. The Morgan fingerprint density at radius 2 is 1.93 bits per heavy atom. The number of benzene rings is 1. The summed E-state index contributed by atoms with van der Waals surface area (Å²) in [6.45, 7) is 5.32. The number of carbonyl (C=O) groups is 1. The molecule has 0 spiro atoms. The van der Waals surface area contributed by atoms with E-state index in [1.54, 1.807) is 6.33 Å². The summed E-state index contributed by atoms with van der Waals surface area (Å²) in [5.74, 6) is 1.54. The van der Waals surface area contributed by atoms with Gasteiger partial charge in [0.25, 0.3) is 5.91 Å². The molecule has 1 amide bonds. The minimum absolute atomic E-state index is 0.0826. The lowest BCUT2D eigenvalue weighted by Crippen LogP contribution is -2.40. The summed E-state index contributed by atoms with van der Waals surface area (Å²) in [7, 11) is 0. The van der Waals surface area contributed by atoms with Crippen molar-refractivity contribution in [1.29, 1.82) is 0 Å². The SMILES string of the molecule is O=C(c1ccc2c(c1)CCN2c1cc(OC2CCNCC2)ncn1)N1CCOCC1. The van der Waals surface area contributed by atoms with Gasteiger partial charge in [-0.3, -0.25) is 4.79 Å². The van der Waals surface area contributed by atoms with Gasteiger partial charge in [-0.2, -0.15) is 0 Å². The smallest absolute Gasteiger partial charge is 0.254 e. The molecule has 0 aliphatic carbocycles. The van der Waals surface area contributed by atoms with Crippen LogP contribution in [0.1, 0.15) is 28.8 Å². The van der Waals surface area contributed by atoms with E-state index in [0.717, 1.165) is 56.0 Å². The van der Waals surface area contributed by atoms with Gasteiger partial charge >= 0.3 is 0 Å². The molecule has 8 nitrogen and oxygen atoms in total. The third-order valence-corrected chi connectivity index (χ3v) is 6.00. The third kappa shape index (κ3) is 3.97. The Labute approximate surface area is 176 Å². The second-order valence-corrected chi connectivity index (χ2v) is 7.93. The van der Waals surface area contributed by atoms with E-state index >= 15 is 0 Å². The number of amides is 1. The van der Waals surface area contributed by atoms with Crippen molar-refractivity contribution >= 4 is 17.4 Å². The first kappa shape index (κ1) is 19.3. The van der Waals surface area contributed by atoms with Crippen LogP contribution >= 0.6 is 0 Å². The topological polar surface area (TPSA) is 79.8 Å². The van der Waals surface area contributed by atoms with Crippen molar-refractivity contribution < 1.29 is 14.3 Å². The van der Waals surface area contributed by atoms with Gasteiger partial charge in [0.1, 0.15) is 18.2 Å². The fourth-order valence-electron chi connectivity index (χ4n) is 4.35. The van der Waals surface area contributed by atoms with Crippen molar-refractivity contribution in [3.8, 4) is 5.88 Å². The molecule has 1 aromatic heterocycles. The van der Waals surface area contributed by atoms with E-state index in [0.29, 0.717) is 32.2 Å². The summed E-state index contributed by atoms with van der Waals surface area (Å²) in [5, 5.41) is 3.35. The predicted octanol–water partition coefficient (Wildman–Crippen LogP) is 1.77. The average molecular weight is 409 g/mol. The van der Waals surface area contributed by atoms with Crippen molar-refractivity contribution in [3.63, 3.8) is 0 Å². The molecular formula is C22H27N5O3. The number of rotatable bonds is 4. The van der Waals surface area contributed by atoms with E-state index in [9.17, 15) is 4.79 Å². The highest BCUT2D eigenvalue weighted by atomic mass is 16.5. The summed E-state index contributed by atoms with van der Waals surface area (Å²) < 4.78 is 11.4. The number of nitrogens with one attached hydrogen (secondary N) is 1. The molecule has 0 radical (unpaired) electrons. The molecule has 3 aliphatic heterocycles. The Balaban J connectivity index is 1.32. The van der Waals surface area contributed by atoms with Gasteiger partial charge in [0.2, 0.25) is 5.88 Å². The first-order valence-corrected chi connectivity index (χ1v) is 10.7. The van der Waals surface area contributed by atoms with Crippen LogP contribution < -0.4 is 15.0 Å². The van der Waals surface area contributed by atoms with Crippen LogP contribution in [0.25, 0.3) is 0 Å². The molecule has 0 atom stereocenters. The highest BCUT2D eigenvalue weighted by Gasteiger charge is 2.25. The van der Waals surface area contributed by atoms with Crippen LogP contribution in [0.4, 0.5) is 11.5 Å². The van der Waals surface area contributed by atoms with Crippen LogP contribution in [-0.2, 0) is 11.2 Å². The molecule has 0 unspecified atom stereocenters. The molecule has 0 bridgehead atoms. The standard InChI is InChI=1S/C22H27N5O3/c28-22(26-9-11-29-12-10-26)17-1-2-19-16(13-17)5-8-27(19)20-14-21(25-15-24-20)30-18-3-6-23-7-4-18/h1-2,13-15,18,23H,3-12H2. The quantitative estimate of drug-likeness (QED) is 0.824. The highest BCUT2D eigenvalue weighted by molar-refractivity contribution is 5.95. The monoisotopic (exact) mass is 409 g/mol. The van der Waals surface area contributed by atoms with E-state index in [1.807, 2.05) is 29.2 Å². The van der Waals surface area contributed by atoms with E-state index in [1.165, 1.54) is 5.56 Å². The van der Waals surface area contributed by atoms with Crippen LogP contribution in [0.3, 0.4) is 0 Å². The normalized spacial score (nSPS) is 19.6. The summed E-state index contributed by atoms with van der Waals surface area (Å²) in [6.07, 6.45) is 4.64. The van der Waals surface area contributed by atoms with E-state index in [4.69, 9.17) is 9.47 Å². The van der Waals surface area contributed by atoms with Gasteiger partial charge in [0, 0.05) is 37.0 Å². The van der Waals surface area contributed by atoms with E-state index < -0.39 is 0 Å². The summed E-state index contributed by atoms with van der Waals surface area (Å²) >= 11 is 0. The molecular weight excluding hydrogens is 382 g/mol. The van der Waals surface area contributed by atoms with Crippen molar-refractivity contribution in [2.75, 3.05) is 50.8 Å². The summed E-state index contributed by atoms with van der Waals surface area (Å²) in [6, 6.07) is 7.90. The number of nitrogens with zero attached hydrogens (tertiary/aromatic N) is 4. The van der Waals surface area contributed by atoms with Gasteiger partial charge in [-0.1, -0.05) is 0 Å². The second kappa shape index (κ2) is 8.57. The van der Waals surface area contributed by atoms with Gasteiger partial charge in [-0.25, -0.2) is 9.97 Å². The molecule has 2 saturated heterocycles. The third-order valence-electron chi connectivity index (χ3n) is 6.00. The Morgan fingerprint density at radius 3 is 2.77 bits per heavy atom. The van der Waals surface area contributed by atoms with Crippen molar-refractivity contribution in [1.82, 2.24) is 20.2 Å². The molecule has 1 aromatic carbocycles. The van der Waals surface area contributed by atoms with Crippen molar-refractivity contribution in [3.05, 3.63) is 41.7 Å². The van der Waals surface area contributed by atoms with Gasteiger partial charge in [-0.05, 0) is 56.1 Å². The van der Waals surface area contributed by atoms with Gasteiger partial charge in [0.05, 0.1) is 13.2 Å². The highest BCUT2D eigenvalue weighted by Crippen LogP contribution is 2.35. The lowest BCUT2D eigenvalue weighted by atomic mass is 10.1. The van der Waals surface area contributed by atoms with Crippen LogP contribution in [0, 0.1) is 0 Å². The number of piperidine rings is 1. The first-order valence-electron chi connectivity index (χ1n) is 10.7. The molecule has 2 fully saturated rings. The lowest BCUT2D eigenvalue weighted by Gasteiger charge is -2.27. The molecule has 5 rings (SSSR count). The minimum atomic E-state index is 0.0826. The summed E-state index contributed by atoms with van der Waals surface area (Å²) in [5.41, 5.74) is 3.02. The molecule has 3 aliphatic rings. The van der Waals surface area contributed by atoms with Crippen molar-refractivity contribution in [2.24, 2.45) is 0 Å². The number of aromatic nitrogens is 2. The Morgan fingerprint density at radius 1 is 1.10 bits per heavy atom. The second-order valence-electron chi connectivity index (χ2n) is 7.93. The number of hydrogen-bond acceptors (Lipinski definition) is 7. The Hall–Kier alpha value is -2.71.